The number of nitrogens with one attached hydrogen (secondary N) is 1. The van der Waals surface area contributed by atoms with Crippen LogP contribution in [0.5, 0.6) is 0 Å². The molecule has 0 aromatic heterocycles. The summed E-state index contributed by atoms with van der Waals surface area (Å²) in [5.41, 5.74) is 0.151. The van der Waals surface area contributed by atoms with Crippen LogP contribution in [0.4, 0.5) is 4.79 Å². The van der Waals surface area contributed by atoms with Gasteiger partial charge in [0.1, 0.15) is 11.9 Å². The van der Waals surface area contributed by atoms with Crippen LogP contribution in [-0.4, -0.2) is 82.9 Å². The first-order chi connectivity index (χ1) is 25.0. The largest absolute Gasteiger partial charge is 0.481 e. The molecule has 1 saturated heterocycles. The number of hydrogen-bond acceptors (Lipinski definition) is 6. The number of carbonyl (C=O) groups excluding carboxylic acids is 4. The molecule has 0 radical (unpaired) electrons. The lowest BCUT2D eigenvalue weighted by Crippen LogP contribution is -2.64. The van der Waals surface area contributed by atoms with Crippen molar-refractivity contribution in [2.75, 3.05) is 26.2 Å². The zero-order valence-corrected chi connectivity index (χ0v) is 35.2. The molecular formula is C44H69N3O7. The number of allylic oxidation sites excluding steroid dienone is 1. The molecular weight excluding hydrogens is 682 g/mol. The average Bonchev–Trinajstić information content (AvgIpc) is 3.38. The van der Waals surface area contributed by atoms with Crippen LogP contribution in [0.3, 0.4) is 0 Å². The van der Waals surface area contributed by atoms with Crippen molar-refractivity contribution < 1.29 is 33.8 Å². The van der Waals surface area contributed by atoms with Crippen molar-refractivity contribution in [2.45, 2.75) is 153 Å². The number of ether oxygens (including phenoxy) is 1. The van der Waals surface area contributed by atoms with E-state index in [4.69, 9.17) is 4.74 Å². The molecule has 10 heteroatoms. The van der Waals surface area contributed by atoms with Crippen molar-refractivity contribution in [2.24, 2.45) is 56.2 Å². The number of aliphatic carboxylic acids is 1. The smallest absolute Gasteiger partial charge is 0.317 e. The Kier molecular flexibility index (Phi) is 10.3. The number of amides is 3. The summed E-state index contributed by atoms with van der Waals surface area (Å²) in [6.07, 6.45) is 7.08. The summed E-state index contributed by atoms with van der Waals surface area (Å²) < 4.78 is 6.16. The lowest BCUT2D eigenvalue weighted by atomic mass is 9.34. The Morgan fingerprint density at radius 3 is 2.09 bits per heavy atom. The molecule has 1 heterocycles. The highest BCUT2D eigenvalue weighted by Crippen LogP contribution is 2.76. The average molecular weight is 752 g/mol. The maximum Gasteiger partial charge on any atom is 0.317 e. The molecule has 1 aliphatic heterocycles. The fraction of sp³-hybridized carbons (Fsp3) is 0.841. The van der Waals surface area contributed by atoms with Crippen molar-refractivity contribution in [3.05, 3.63) is 11.1 Å². The number of nitrogens with zero attached hydrogens (tertiary/aromatic N) is 2. The van der Waals surface area contributed by atoms with Gasteiger partial charge in [-0.1, -0.05) is 54.0 Å². The number of piperazine rings is 1. The van der Waals surface area contributed by atoms with Gasteiger partial charge in [-0.05, 0) is 119 Å². The van der Waals surface area contributed by atoms with Gasteiger partial charge in [-0.25, -0.2) is 4.79 Å². The molecule has 1 unspecified atom stereocenters. The predicted octanol–water partition coefficient (Wildman–Crippen LogP) is 7.64. The topological polar surface area (TPSA) is 133 Å². The first-order valence-electron chi connectivity index (χ1n) is 21.0. The second-order valence-corrected chi connectivity index (χ2v) is 20.9. The third-order valence-corrected chi connectivity index (χ3v) is 16.4. The van der Waals surface area contributed by atoms with Crippen LogP contribution in [0.1, 0.15) is 140 Å². The van der Waals surface area contributed by atoms with Crippen LogP contribution >= 0.6 is 0 Å². The molecule has 0 aromatic carbocycles. The van der Waals surface area contributed by atoms with E-state index in [1.165, 1.54) is 5.57 Å². The number of urea groups is 1. The van der Waals surface area contributed by atoms with Crippen LogP contribution in [0, 0.1) is 56.2 Å². The summed E-state index contributed by atoms with van der Waals surface area (Å²) in [6.45, 7) is 25.2. The number of carbonyl (C=O) groups is 5. The van der Waals surface area contributed by atoms with E-state index in [0.717, 1.165) is 50.5 Å². The molecule has 3 amide bonds. The summed E-state index contributed by atoms with van der Waals surface area (Å²) in [7, 11) is 0. The normalized spacial score (nSPS) is 37.7. The minimum Gasteiger partial charge on any atom is -0.481 e. The summed E-state index contributed by atoms with van der Waals surface area (Å²) in [4.78, 5) is 70.5. The number of Topliss-reactive ketones (excluding diaryl/α,β-unsaturated/α-hetero) is 1. The third kappa shape index (κ3) is 6.13. The number of hydrogen-bond donors (Lipinski definition) is 2. The van der Waals surface area contributed by atoms with Gasteiger partial charge < -0.3 is 25.0 Å². The number of fused-ring (bicyclic) bond motifs is 6. The molecule has 6 aliphatic rings. The Bertz CT molecular complexity index is 1610. The summed E-state index contributed by atoms with van der Waals surface area (Å²) in [6, 6.07) is -0.0433. The predicted molar refractivity (Wildman–Crippen MR) is 207 cm³/mol. The maximum absolute atomic E-state index is 14.9. The van der Waals surface area contributed by atoms with Gasteiger partial charge in [-0.3, -0.25) is 19.2 Å². The Balaban J connectivity index is 1.29. The van der Waals surface area contributed by atoms with Gasteiger partial charge in [0.2, 0.25) is 5.91 Å². The van der Waals surface area contributed by atoms with Gasteiger partial charge in [-0.15, -0.1) is 0 Å². The number of rotatable bonds is 7. The Hall–Kier alpha value is -2.91. The van der Waals surface area contributed by atoms with Crippen LogP contribution in [0.25, 0.3) is 0 Å². The van der Waals surface area contributed by atoms with Gasteiger partial charge in [0, 0.05) is 50.0 Å². The quantitative estimate of drug-likeness (QED) is 0.202. The van der Waals surface area contributed by atoms with Crippen molar-refractivity contribution >= 4 is 29.7 Å². The molecule has 4 saturated carbocycles. The molecule has 54 heavy (non-hydrogen) atoms. The van der Waals surface area contributed by atoms with Gasteiger partial charge in [0.25, 0.3) is 0 Å². The Labute approximate surface area is 323 Å². The monoisotopic (exact) mass is 752 g/mol. The third-order valence-electron chi connectivity index (χ3n) is 16.4. The highest BCUT2D eigenvalue weighted by Gasteiger charge is 2.70. The molecule has 5 aliphatic carbocycles. The molecule has 0 aromatic rings. The number of carboxylic acid groups (broad SMARTS) is 1. The van der Waals surface area contributed by atoms with E-state index in [1.807, 2.05) is 18.7 Å². The van der Waals surface area contributed by atoms with Crippen LogP contribution in [0.2, 0.25) is 0 Å². The van der Waals surface area contributed by atoms with Gasteiger partial charge in [-0.2, -0.15) is 0 Å². The fourth-order valence-electron chi connectivity index (χ4n) is 13.3. The van der Waals surface area contributed by atoms with E-state index < -0.39 is 22.8 Å². The first-order valence-corrected chi connectivity index (χ1v) is 21.0. The number of carboxylic acids is 1. The van der Waals surface area contributed by atoms with Crippen molar-refractivity contribution in [3.63, 3.8) is 0 Å². The zero-order valence-electron chi connectivity index (χ0n) is 35.2. The van der Waals surface area contributed by atoms with Crippen molar-refractivity contribution in [1.82, 2.24) is 15.1 Å². The SMILES string of the molecule is CC(C)NC(=O)N1CCN(C(=O)[C@@]23CC[C@]4(C)C(=C2C(C(C)C)C(=O)C3)CC[C@@H]2[C@@]3(C)CC[C@H](OC(=O)CC(C)(C)C(=O)O)C(C)(C)[C@@H]3CC[C@]24C)CC1. The molecule has 10 nitrogen and oxygen atoms in total. The molecule has 302 valence electrons. The Morgan fingerprint density at radius 1 is 0.870 bits per heavy atom. The molecule has 5 fully saturated rings. The number of esters is 1. The maximum atomic E-state index is 14.9. The van der Waals surface area contributed by atoms with E-state index in [1.54, 1.807) is 18.7 Å². The highest BCUT2D eigenvalue weighted by atomic mass is 16.5. The molecule has 0 bridgehead atoms. The minimum atomic E-state index is -1.18. The molecule has 6 rings (SSSR count). The molecule has 2 N–H and O–H groups in total. The van der Waals surface area contributed by atoms with Gasteiger partial charge in [0.15, 0.2) is 0 Å². The van der Waals surface area contributed by atoms with Crippen LogP contribution in [0.15, 0.2) is 11.1 Å². The fourth-order valence-corrected chi connectivity index (χ4v) is 13.3. The minimum absolute atomic E-state index is 0.0216. The lowest BCUT2D eigenvalue weighted by Gasteiger charge is -2.70. The standard InChI is InChI=1S/C44H69N3O7/c1-26(2)34-29(48)24-44(36(50)46-20-22-47(23-21-46)38(53)45-27(3)4)19-18-42(10)28(35(34)44)12-13-31-41(9)16-15-32(54-33(49)25-39(5,6)37(51)52)40(7,8)30(41)14-17-43(31,42)11/h26-27,30-32,34H,12-25H2,1-11H3,(H,45,53)(H,51,52)/t30-,31+,32-,34?,41-,42+,43+,44+/m0/s1. The second-order valence-electron chi connectivity index (χ2n) is 20.9. The van der Waals surface area contributed by atoms with E-state index >= 15 is 0 Å². The van der Waals surface area contributed by atoms with E-state index in [2.05, 4.69) is 53.8 Å². The van der Waals surface area contributed by atoms with E-state index in [-0.39, 0.29) is 76.2 Å². The van der Waals surface area contributed by atoms with E-state index in [9.17, 15) is 29.1 Å². The van der Waals surface area contributed by atoms with Crippen molar-refractivity contribution in [1.29, 1.82) is 0 Å². The zero-order chi connectivity index (χ0) is 40.0. The highest BCUT2D eigenvalue weighted by molar-refractivity contribution is 6.00. The van der Waals surface area contributed by atoms with Crippen LogP contribution in [-0.2, 0) is 23.9 Å². The molecule has 0 spiro atoms. The van der Waals surface area contributed by atoms with Crippen LogP contribution < -0.4 is 5.32 Å². The lowest BCUT2D eigenvalue weighted by molar-refractivity contribution is -0.214. The Morgan fingerprint density at radius 2 is 1.50 bits per heavy atom. The van der Waals surface area contributed by atoms with Gasteiger partial charge >= 0.3 is 18.0 Å². The summed E-state index contributed by atoms with van der Waals surface area (Å²) >= 11 is 0. The second kappa shape index (κ2) is 13.6. The van der Waals surface area contributed by atoms with Crippen molar-refractivity contribution in [3.8, 4) is 0 Å². The molecule has 8 atom stereocenters. The summed E-state index contributed by atoms with van der Waals surface area (Å²) in [5, 5.41) is 12.6. The number of ketones is 1. The summed E-state index contributed by atoms with van der Waals surface area (Å²) in [5.74, 6) is -0.503. The van der Waals surface area contributed by atoms with Gasteiger partial charge in [0.05, 0.1) is 17.3 Å². The first kappa shape index (κ1) is 40.7. The van der Waals surface area contributed by atoms with E-state index in [0.29, 0.717) is 44.4 Å².